The Hall–Kier alpha value is -2.67. The van der Waals surface area contributed by atoms with E-state index >= 15 is 0 Å². The van der Waals surface area contributed by atoms with Gasteiger partial charge in [-0.25, -0.2) is 4.98 Å². The Morgan fingerprint density at radius 1 is 1.18 bits per heavy atom. The normalized spacial score (nSPS) is 13.1. The van der Waals surface area contributed by atoms with Crippen molar-refractivity contribution in [2.45, 2.75) is 0 Å². The smallest absolute Gasteiger partial charge is 0.276 e. The van der Waals surface area contributed by atoms with E-state index in [1.165, 1.54) is 11.3 Å². The van der Waals surface area contributed by atoms with Crippen molar-refractivity contribution in [2.75, 3.05) is 18.5 Å². The van der Waals surface area contributed by atoms with E-state index in [4.69, 9.17) is 9.47 Å². The van der Waals surface area contributed by atoms with Gasteiger partial charge in [0.05, 0.1) is 10.2 Å². The highest BCUT2D eigenvalue weighted by Crippen LogP contribution is 2.37. The predicted molar refractivity (Wildman–Crippen MR) is 82.8 cm³/mol. The molecule has 0 saturated heterocycles. The fourth-order valence-corrected chi connectivity index (χ4v) is 3.05. The maximum absolute atomic E-state index is 12.1. The molecule has 4 rings (SSSR count). The van der Waals surface area contributed by atoms with Crippen LogP contribution in [0.25, 0.3) is 10.2 Å². The maximum Gasteiger partial charge on any atom is 0.276 e. The molecular formula is C15H11N3O3S. The number of hydrogen-bond donors (Lipinski definition) is 1. The second kappa shape index (κ2) is 5.27. The number of carbonyl (C=O) groups is 1. The van der Waals surface area contributed by atoms with Gasteiger partial charge in [0.25, 0.3) is 5.91 Å². The molecule has 1 amide bonds. The van der Waals surface area contributed by atoms with Crippen LogP contribution < -0.4 is 14.8 Å². The lowest BCUT2D eigenvalue weighted by Crippen LogP contribution is -2.15. The number of nitrogens with zero attached hydrogens (tertiary/aromatic N) is 2. The molecule has 2 aromatic heterocycles. The molecule has 0 spiro atoms. The van der Waals surface area contributed by atoms with Crippen molar-refractivity contribution < 1.29 is 14.3 Å². The Kier molecular flexibility index (Phi) is 3.12. The minimum Gasteiger partial charge on any atom is -0.486 e. The van der Waals surface area contributed by atoms with E-state index in [9.17, 15) is 4.79 Å². The zero-order valence-corrected chi connectivity index (χ0v) is 12.2. The van der Waals surface area contributed by atoms with E-state index in [0.717, 1.165) is 10.2 Å². The first-order valence-electron chi connectivity index (χ1n) is 6.72. The molecular weight excluding hydrogens is 302 g/mol. The van der Waals surface area contributed by atoms with E-state index < -0.39 is 0 Å². The first-order valence-corrected chi connectivity index (χ1v) is 7.54. The number of aromatic nitrogens is 2. The Morgan fingerprint density at radius 2 is 2.00 bits per heavy atom. The van der Waals surface area contributed by atoms with Crippen LogP contribution in [0.5, 0.6) is 11.5 Å². The number of carbonyl (C=O) groups excluding carboxylic acids is 1. The number of thiazole rings is 1. The van der Waals surface area contributed by atoms with Crippen LogP contribution in [0, 0.1) is 0 Å². The summed E-state index contributed by atoms with van der Waals surface area (Å²) in [5.74, 6) is 1.12. The standard InChI is InChI=1S/C15H11N3O3S/c19-14(9-3-1-2-4-16-9)18-15-17-10-7-11-12(8-13(10)22-15)21-6-5-20-11/h1-4,7-8H,5-6H2,(H,17,18,19). The molecule has 110 valence electrons. The van der Waals surface area contributed by atoms with Gasteiger partial charge >= 0.3 is 0 Å². The fourth-order valence-electron chi connectivity index (χ4n) is 2.18. The summed E-state index contributed by atoms with van der Waals surface area (Å²) in [7, 11) is 0. The summed E-state index contributed by atoms with van der Waals surface area (Å²) in [4.78, 5) is 20.5. The number of amides is 1. The lowest BCUT2D eigenvalue weighted by Gasteiger charge is -2.17. The second-order valence-electron chi connectivity index (χ2n) is 4.65. The first kappa shape index (κ1) is 13.0. The fraction of sp³-hybridized carbons (Fsp3) is 0.133. The summed E-state index contributed by atoms with van der Waals surface area (Å²) in [6.07, 6.45) is 1.58. The summed E-state index contributed by atoms with van der Waals surface area (Å²) in [6.45, 7) is 1.08. The van der Waals surface area contributed by atoms with E-state index in [1.807, 2.05) is 12.1 Å². The third-order valence-electron chi connectivity index (χ3n) is 3.17. The molecule has 0 bridgehead atoms. The summed E-state index contributed by atoms with van der Waals surface area (Å²) >= 11 is 1.39. The van der Waals surface area contributed by atoms with Crippen molar-refractivity contribution in [3.63, 3.8) is 0 Å². The van der Waals surface area contributed by atoms with E-state index in [2.05, 4.69) is 15.3 Å². The monoisotopic (exact) mass is 313 g/mol. The molecule has 1 aliphatic rings. The van der Waals surface area contributed by atoms with Gasteiger partial charge in [-0.1, -0.05) is 17.4 Å². The highest BCUT2D eigenvalue weighted by molar-refractivity contribution is 7.22. The van der Waals surface area contributed by atoms with E-state index in [-0.39, 0.29) is 5.91 Å². The van der Waals surface area contributed by atoms with E-state index in [0.29, 0.717) is 35.5 Å². The number of benzene rings is 1. The van der Waals surface area contributed by atoms with Gasteiger partial charge in [-0.2, -0.15) is 0 Å². The van der Waals surface area contributed by atoms with Gasteiger partial charge < -0.3 is 9.47 Å². The molecule has 0 atom stereocenters. The number of nitrogens with one attached hydrogen (secondary N) is 1. The van der Waals surface area contributed by atoms with Crippen LogP contribution in [0.4, 0.5) is 5.13 Å². The number of pyridine rings is 1. The molecule has 6 nitrogen and oxygen atoms in total. The highest BCUT2D eigenvalue weighted by Gasteiger charge is 2.16. The summed E-state index contributed by atoms with van der Waals surface area (Å²) in [5, 5.41) is 3.28. The molecule has 1 aliphatic heterocycles. The van der Waals surface area contributed by atoms with Gasteiger partial charge in [0.15, 0.2) is 16.6 Å². The molecule has 0 unspecified atom stereocenters. The average molecular weight is 313 g/mol. The van der Waals surface area contributed by atoms with Crippen molar-refractivity contribution in [3.8, 4) is 11.5 Å². The molecule has 0 saturated carbocycles. The van der Waals surface area contributed by atoms with Crippen molar-refractivity contribution >= 4 is 32.6 Å². The summed E-state index contributed by atoms with van der Waals surface area (Å²) in [5.41, 5.74) is 1.12. The van der Waals surface area contributed by atoms with Gasteiger partial charge in [-0.15, -0.1) is 0 Å². The molecule has 3 aromatic rings. The van der Waals surface area contributed by atoms with Crippen molar-refractivity contribution in [2.24, 2.45) is 0 Å². The summed E-state index contributed by atoms with van der Waals surface area (Å²) < 4.78 is 12.0. The zero-order chi connectivity index (χ0) is 14.9. The lowest BCUT2D eigenvalue weighted by atomic mass is 10.3. The molecule has 3 heterocycles. The van der Waals surface area contributed by atoms with Gasteiger partial charge in [0.1, 0.15) is 18.9 Å². The molecule has 0 aliphatic carbocycles. The molecule has 0 radical (unpaired) electrons. The van der Waals surface area contributed by atoms with Gasteiger partial charge in [-0.3, -0.25) is 15.1 Å². The highest BCUT2D eigenvalue weighted by atomic mass is 32.1. The number of fused-ring (bicyclic) bond motifs is 2. The molecule has 0 fully saturated rings. The lowest BCUT2D eigenvalue weighted by molar-refractivity contribution is 0.102. The van der Waals surface area contributed by atoms with Crippen molar-refractivity contribution in [1.82, 2.24) is 9.97 Å². The third kappa shape index (κ3) is 2.35. The van der Waals surface area contributed by atoms with Crippen LogP contribution in [0.15, 0.2) is 36.5 Å². The topological polar surface area (TPSA) is 73.3 Å². The number of hydrogen-bond acceptors (Lipinski definition) is 6. The average Bonchev–Trinajstić information content (AvgIpc) is 2.94. The zero-order valence-electron chi connectivity index (χ0n) is 11.4. The minimum absolute atomic E-state index is 0.281. The van der Waals surface area contributed by atoms with E-state index in [1.54, 1.807) is 24.4 Å². The maximum atomic E-state index is 12.1. The molecule has 1 aromatic carbocycles. The summed E-state index contributed by atoms with van der Waals surface area (Å²) in [6, 6.07) is 8.90. The predicted octanol–water partition coefficient (Wildman–Crippen LogP) is 2.71. The molecule has 1 N–H and O–H groups in total. The van der Waals surface area contributed by atoms with Crippen molar-refractivity contribution in [3.05, 3.63) is 42.2 Å². The Bertz CT molecular complexity index is 805. The first-order chi connectivity index (χ1) is 10.8. The van der Waals surface area contributed by atoms with Crippen LogP contribution in [0.1, 0.15) is 10.5 Å². The Balaban J connectivity index is 1.64. The number of anilines is 1. The largest absolute Gasteiger partial charge is 0.486 e. The molecule has 7 heteroatoms. The Morgan fingerprint density at radius 3 is 2.77 bits per heavy atom. The number of rotatable bonds is 2. The van der Waals surface area contributed by atoms with Crippen LogP contribution in [-0.2, 0) is 0 Å². The van der Waals surface area contributed by atoms with Crippen LogP contribution in [-0.4, -0.2) is 29.1 Å². The van der Waals surface area contributed by atoms with Gasteiger partial charge in [0.2, 0.25) is 0 Å². The van der Waals surface area contributed by atoms with Gasteiger partial charge in [0, 0.05) is 18.3 Å². The number of ether oxygens (including phenoxy) is 2. The second-order valence-corrected chi connectivity index (χ2v) is 5.68. The quantitative estimate of drug-likeness (QED) is 0.787. The van der Waals surface area contributed by atoms with Crippen LogP contribution in [0.3, 0.4) is 0 Å². The SMILES string of the molecule is O=C(Nc1nc2cc3c(cc2s1)OCCO3)c1ccccn1. The third-order valence-corrected chi connectivity index (χ3v) is 4.10. The van der Waals surface area contributed by atoms with Crippen molar-refractivity contribution in [1.29, 1.82) is 0 Å². The minimum atomic E-state index is -0.281. The Labute approximate surface area is 129 Å². The van der Waals surface area contributed by atoms with Crippen LogP contribution in [0.2, 0.25) is 0 Å². The molecule has 22 heavy (non-hydrogen) atoms. The van der Waals surface area contributed by atoms with Crippen LogP contribution >= 0.6 is 11.3 Å². The van der Waals surface area contributed by atoms with Gasteiger partial charge in [-0.05, 0) is 12.1 Å².